The number of hydrogen-bond acceptors (Lipinski definition) is 7. The SMILES string of the molecule is CC(C)(COC(=O)/C=C/C(=O)OC(C)(C)C)COC(=O)OCCl. The Morgan fingerprint density at radius 3 is 1.91 bits per heavy atom. The van der Waals surface area contributed by atoms with Crippen LogP contribution in [0.2, 0.25) is 0 Å². The topological polar surface area (TPSA) is 88.1 Å². The number of halogens is 1. The molecule has 0 fully saturated rings. The molecule has 0 radical (unpaired) electrons. The molecule has 0 amide bonds. The molecule has 0 spiro atoms. The lowest BCUT2D eigenvalue weighted by Crippen LogP contribution is -2.28. The Morgan fingerprint density at radius 2 is 1.39 bits per heavy atom. The second-order valence-electron chi connectivity index (χ2n) is 6.43. The van der Waals surface area contributed by atoms with Crippen LogP contribution >= 0.6 is 11.6 Å². The Kier molecular flexibility index (Phi) is 8.68. The molecule has 0 aromatic heterocycles. The van der Waals surface area contributed by atoms with Crippen LogP contribution in [-0.4, -0.2) is 43.0 Å². The van der Waals surface area contributed by atoms with Gasteiger partial charge >= 0.3 is 18.1 Å². The maximum Gasteiger partial charge on any atom is 0.509 e. The molecule has 132 valence electrons. The van der Waals surface area contributed by atoms with Crippen molar-refractivity contribution in [1.82, 2.24) is 0 Å². The zero-order chi connectivity index (χ0) is 18.1. The van der Waals surface area contributed by atoms with Crippen LogP contribution in [0.4, 0.5) is 4.79 Å². The van der Waals surface area contributed by atoms with E-state index in [1.165, 1.54) is 0 Å². The van der Waals surface area contributed by atoms with E-state index in [0.717, 1.165) is 12.2 Å². The quantitative estimate of drug-likeness (QED) is 0.302. The highest BCUT2D eigenvalue weighted by atomic mass is 35.5. The minimum atomic E-state index is -0.899. The van der Waals surface area contributed by atoms with Crippen molar-refractivity contribution in [3.05, 3.63) is 12.2 Å². The highest BCUT2D eigenvalue weighted by Crippen LogP contribution is 2.16. The van der Waals surface area contributed by atoms with Gasteiger partial charge in [0.2, 0.25) is 0 Å². The molecule has 0 heterocycles. The van der Waals surface area contributed by atoms with Gasteiger partial charge < -0.3 is 18.9 Å². The van der Waals surface area contributed by atoms with E-state index in [4.69, 9.17) is 25.8 Å². The molecule has 0 aliphatic heterocycles. The van der Waals surface area contributed by atoms with E-state index in [1.54, 1.807) is 34.6 Å². The summed E-state index contributed by atoms with van der Waals surface area (Å²) in [6.07, 6.45) is 1.08. The molecule has 0 N–H and O–H groups in total. The van der Waals surface area contributed by atoms with E-state index < -0.39 is 29.1 Å². The fourth-order valence-electron chi connectivity index (χ4n) is 1.17. The number of ether oxygens (including phenoxy) is 4. The first-order valence-corrected chi connectivity index (χ1v) is 7.42. The van der Waals surface area contributed by atoms with Gasteiger partial charge in [-0.3, -0.25) is 0 Å². The second kappa shape index (κ2) is 9.39. The lowest BCUT2D eigenvalue weighted by atomic mass is 9.96. The summed E-state index contributed by atoms with van der Waals surface area (Å²) < 4.78 is 19.2. The van der Waals surface area contributed by atoms with Gasteiger partial charge in [0, 0.05) is 17.6 Å². The van der Waals surface area contributed by atoms with Crippen molar-refractivity contribution in [3.8, 4) is 0 Å². The third kappa shape index (κ3) is 12.5. The molecular formula is C15H23ClO7. The summed E-state index contributed by atoms with van der Waals surface area (Å²) in [6.45, 7) is 8.57. The molecule has 0 aromatic rings. The summed E-state index contributed by atoms with van der Waals surface area (Å²) in [5, 5.41) is 0. The van der Waals surface area contributed by atoms with Crippen molar-refractivity contribution in [2.75, 3.05) is 19.3 Å². The first kappa shape index (κ1) is 21.2. The van der Waals surface area contributed by atoms with Crippen molar-refractivity contribution in [2.45, 2.75) is 40.2 Å². The Morgan fingerprint density at radius 1 is 0.870 bits per heavy atom. The molecule has 0 aliphatic carbocycles. The minimum absolute atomic E-state index is 0.0152. The number of esters is 2. The molecule has 8 heteroatoms. The van der Waals surface area contributed by atoms with Crippen LogP contribution < -0.4 is 0 Å². The molecule has 0 aliphatic rings. The van der Waals surface area contributed by atoms with Gasteiger partial charge in [-0.05, 0) is 20.8 Å². The number of carbonyl (C=O) groups excluding carboxylic acids is 3. The zero-order valence-electron chi connectivity index (χ0n) is 14.0. The van der Waals surface area contributed by atoms with Gasteiger partial charge in [0.25, 0.3) is 0 Å². The van der Waals surface area contributed by atoms with Crippen LogP contribution in [-0.2, 0) is 28.5 Å². The molecule has 23 heavy (non-hydrogen) atoms. The number of hydrogen-bond donors (Lipinski definition) is 0. The highest BCUT2D eigenvalue weighted by Gasteiger charge is 2.23. The Bertz CT molecular complexity index is 449. The summed E-state index contributed by atoms with van der Waals surface area (Å²) in [5.41, 5.74) is -1.26. The van der Waals surface area contributed by atoms with Gasteiger partial charge in [-0.15, -0.1) is 0 Å². The van der Waals surface area contributed by atoms with Crippen LogP contribution in [0.5, 0.6) is 0 Å². The Labute approximate surface area is 140 Å². The summed E-state index contributed by atoms with van der Waals surface area (Å²) in [7, 11) is 0. The first-order valence-electron chi connectivity index (χ1n) is 6.88. The van der Waals surface area contributed by atoms with E-state index >= 15 is 0 Å². The van der Waals surface area contributed by atoms with Gasteiger partial charge in [-0.25, -0.2) is 14.4 Å². The molecule has 0 saturated heterocycles. The van der Waals surface area contributed by atoms with Gasteiger partial charge in [0.1, 0.15) is 12.2 Å². The third-order valence-electron chi connectivity index (χ3n) is 2.12. The fraction of sp³-hybridized carbons (Fsp3) is 0.667. The lowest BCUT2D eigenvalue weighted by molar-refractivity contribution is -0.149. The third-order valence-corrected chi connectivity index (χ3v) is 2.23. The standard InChI is InChI=1S/C15H23ClO7/c1-14(2,3)23-12(18)7-6-11(17)20-8-15(4,5)9-21-13(19)22-10-16/h6-7H,8-10H2,1-5H3/b7-6+. The predicted octanol–water partition coefficient (Wildman–Crippen LogP) is 2.80. The molecule has 0 aromatic carbocycles. The first-order chi connectivity index (χ1) is 10.4. The molecule has 0 rings (SSSR count). The monoisotopic (exact) mass is 350 g/mol. The number of alkyl halides is 1. The number of rotatable bonds is 7. The lowest BCUT2D eigenvalue weighted by Gasteiger charge is -2.22. The van der Waals surface area contributed by atoms with Crippen LogP contribution in [0.15, 0.2) is 12.2 Å². The summed E-state index contributed by atoms with van der Waals surface area (Å²) in [5.74, 6) is -1.34. The van der Waals surface area contributed by atoms with Crippen molar-refractivity contribution in [2.24, 2.45) is 5.41 Å². The van der Waals surface area contributed by atoms with Crippen molar-refractivity contribution in [3.63, 3.8) is 0 Å². The largest absolute Gasteiger partial charge is 0.509 e. The summed E-state index contributed by atoms with van der Waals surface area (Å²) in [4.78, 5) is 34.0. The van der Waals surface area contributed by atoms with Crippen molar-refractivity contribution >= 4 is 29.7 Å². The molecule has 0 atom stereocenters. The number of carbonyl (C=O) groups is 3. The smallest absolute Gasteiger partial charge is 0.462 e. The minimum Gasteiger partial charge on any atom is -0.462 e. The van der Waals surface area contributed by atoms with E-state index in [-0.39, 0.29) is 19.3 Å². The highest BCUT2D eigenvalue weighted by molar-refractivity contribution is 6.17. The molecule has 0 bridgehead atoms. The van der Waals surface area contributed by atoms with Gasteiger partial charge in [0.05, 0.1) is 6.61 Å². The van der Waals surface area contributed by atoms with Crippen molar-refractivity contribution in [1.29, 1.82) is 0 Å². The molecule has 0 unspecified atom stereocenters. The van der Waals surface area contributed by atoms with Crippen molar-refractivity contribution < 1.29 is 33.3 Å². The van der Waals surface area contributed by atoms with E-state index in [2.05, 4.69) is 4.74 Å². The maximum atomic E-state index is 11.5. The van der Waals surface area contributed by atoms with Crippen LogP contribution in [0.3, 0.4) is 0 Å². The maximum absolute atomic E-state index is 11.5. The summed E-state index contributed by atoms with van der Waals surface area (Å²) >= 11 is 5.21. The van der Waals surface area contributed by atoms with Gasteiger partial charge in [-0.2, -0.15) is 0 Å². The Hall–Kier alpha value is -1.76. The van der Waals surface area contributed by atoms with E-state index in [0.29, 0.717) is 0 Å². The van der Waals surface area contributed by atoms with Crippen LogP contribution in [0, 0.1) is 5.41 Å². The normalized spacial score (nSPS) is 11.9. The van der Waals surface area contributed by atoms with Gasteiger partial charge in [-0.1, -0.05) is 25.4 Å². The molecule has 7 nitrogen and oxygen atoms in total. The predicted molar refractivity (Wildman–Crippen MR) is 82.9 cm³/mol. The Balaban J connectivity index is 4.21. The fourth-order valence-corrected chi connectivity index (χ4v) is 1.26. The van der Waals surface area contributed by atoms with Crippen LogP contribution in [0.1, 0.15) is 34.6 Å². The molecular weight excluding hydrogens is 328 g/mol. The van der Waals surface area contributed by atoms with Gasteiger partial charge in [0.15, 0.2) is 6.07 Å². The van der Waals surface area contributed by atoms with E-state index in [9.17, 15) is 14.4 Å². The zero-order valence-corrected chi connectivity index (χ0v) is 14.8. The second-order valence-corrected chi connectivity index (χ2v) is 6.65. The van der Waals surface area contributed by atoms with E-state index in [1.807, 2.05) is 0 Å². The molecule has 0 saturated carbocycles. The average Bonchev–Trinajstić information content (AvgIpc) is 2.39. The summed E-state index contributed by atoms with van der Waals surface area (Å²) in [6, 6.07) is -0.302. The average molecular weight is 351 g/mol. The van der Waals surface area contributed by atoms with Crippen LogP contribution in [0.25, 0.3) is 0 Å².